The zero-order valence-electron chi connectivity index (χ0n) is 24.8. The molecule has 2 aliphatic heterocycles. The number of hydrogen-bond donors (Lipinski definition) is 2. The Morgan fingerprint density at radius 2 is 0.884 bits per heavy atom. The molecule has 0 aromatic carbocycles. The normalized spacial score (nSPS) is 12.0. The van der Waals surface area contributed by atoms with Crippen molar-refractivity contribution in [2.75, 3.05) is 0 Å². The Morgan fingerprint density at radius 3 is 1.30 bits per heavy atom. The van der Waals surface area contributed by atoms with Gasteiger partial charge in [-0.05, 0) is 72.5 Å². The van der Waals surface area contributed by atoms with Crippen molar-refractivity contribution in [2.45, 2.75) is 26.7 Å². The second kappa shape index (κ2) is 11.7. The fraction of sp³-hybridized carbons (Fsp3) is 0.167. The maximum absolute atomic E-state index is 5.21. The summed E-state index contributed by atoms with van der Waals surface area (Å²) in [5, 5.41) is 0. The van der Waals surface area contributed by atoms with Crippen molar-refractivity contribution in [1.29, 1.82) is 0 Å². The maximum atomic E-state index is 5.21. The van der Waals surface area contributed by atoms with Crippen molar-refractivity contribution in [3.8, 4) is 22.3 Å². The van der Waals surface area contributed by atoms with Crippen LogP contribution in [-0.2, 0) is 26.9 Å². The topological polar surface area (TPSA) is 65.1 Å². The minimum absolute atomic E-state index is 0. The number of nitrogens with zero attached hydrogens (tertiary/aromatic N) is 4. The van der Waals surface area contributed by atoms with Crippen molar-refractivity contribution in [1.82, 2.24) is 19.9 Å². The molecule has 7 heteroatoms. The summed E-state index contributed by atoms with van der Waals surface area (Å²) < 4.78 is 4.11. The average Bonchev–Trinajstić information content (AvgIpc) is 3.82. The van der Waals surface area contributed by atoms with E-state index in [1.807, 2.05) is 18.7 Å². The van der Waals surface area contributed by atoms with Crippen LogP contribution < -0.4 is 33.1 Å². The van der Waals surface area contributed by atoms with E-state index in [2.05, 4.69) is 126 Å². The molecule has 0 saturated carbocycles. The first-order chi connectivity index (χ1) is 20.5. The average molecular weight is 678 g/mol. The molecule has 2 aliphatic rings. The summed E-state index contributed by atoms with van der Waals surface area (Å²) >= 11 is 0. The highest BCUT2D eigenvalue weighted by Gasteiger charge is 2.18. The van der Waals surface area contributed by atoms with Crippen LogP contribution >= 0.6 is 0 Å². The number of pyridine rings is 2. The summed E-state index contributed by atoms with van der Waals surface area (Å²) in [6, 6.07) is 17.4. The van der Waals surface area contributed by atoms with Crippen molar-refractivity contribution in [3.05, 3.63) is 107 Å². The Labute approximate surface area is 268 Å². The Balaban J connectivity index is 0.00000329. The zero-order valence-corrected chi connectivity index (χ0v) is 27.0. The molecule has 0 fully saturated rings. The largest absolute Gasteiger partial charge is 1.00 e. The lowest BCUT2D eigenvalue weighted by molar-refractivity contribution is -0.671. The quantitative estimate of drug-likeness (QED) is 0.220. The number of rotatable bonds is 4. The van der Waals surface area contributed by atoms with E-state index >= 15 is 0 Å². The highest BCUT2D eigenvalue weighted by molar-refractivity contribution is 5.95. The third kappa shape index (κ3) is 5.22. The highest BCUT2D eigenvalue weighted by Crippen LogP contribution is 2.34. The van der Waals surface area contributed by atoms with Gasteiger partial charge in [-0.15, -0.1) is 0 Å². The highest BCUT2D eigenvalue weighted by atomic mass is 127. The van der Waals surface area contributed by atoms with Gasteiger partial charge in [0.2, 0.25) is 0 Å². The Kier molecular flexibility index (Phi) is 7.83. The molecule has 0 saturated heterocycles. The first-order valence-electron chi connectivity index (χ1n) is 14.6. The zero-order chi connectivity index (χ0) is 28.8. The first-order valence-corrected chi connectivity index (χ1v) is 14.6. The van der Waals surface area contributed by atoms with E-state index in [0.29, 0.717) is 0 Å². The van der Waals surface area contributed by atoms with Crippen LogP contribution in [0.5, 0.6) is 0 Å². The third-order valence-electron chi connectivity index (χ3n) is 8.21. The number of halogens is 1. The molecule has 2 N–H and O–H groups in total. The third-order valence-corrected chi connectivity index (χ3v) is 8.21. The van der Waals surface area contributed by atoms with Gasteiger partial charge in [0.05, 0.1) is 22.8 Å². The van der Waals surface area contributed by atoms with Crippen LogP contribution in [0, 0.1) is 0 Å². The van der Waals surface area contributed by atoms with Gasteiger partial charge in [0, 0.05) is 68.6 Å². The number of hydrogen-bond acceptors (Lipinski definition) is 2. The van der Waals surface area contributed by atoms with Crippen molar-refractivity contribution >= 4 is 46.4 Å². The van der Waals surface area contributed by atoms with Gasteiger partial charge < -0.3 is 33.9 Å². The van der Waals surface area contributed by atoms with Gasteiger partial charge in [-0.2, -0.15) is 0 Å². The summed E-state index contributed by atoms with van der Waals surface area (Å²) in [5.41, 5.74) is 14.9. The number of aryl methyl sites for hydroxylation is 4. The van der Waals surface area contributed by atoms with Crippen molar-refractivity contribution in [3.63, 3.8) is 0 Å². The van der Waals surface area contributed by atoms with E-state index in [1.165, 1.54) is 11.1 Å². The lowest BCUT2D eigenvalue weighted by Crippen LogP contribution is -3.00. The second-order valence-corrected chi connectivity index (χ2v) is 10.9. The predicted molar refractivity (Wildman–Crippen MR) is 171 cm³/mol. The first kappa shape index (κ1) is 28.7. The van der Waals surface area contributed by atoms with E-state index in [0.717, 1.165) is 79.9 Å². The Bertz CT molecular complexity index is 1960. The van der Waals surface area contributed by atoms with E-state index in [-0.39, 0.29) is 24.0 Å². The van der Waals surface area contributed by atoms with Gasteiger partial charge in [0.25, 0.3) is 0 Å². The van der Waals surface area contributed by atoms with Crippen LogP contribution in [0.2, 0.25) is 0 Å². The predicted octanol–water partition coefficient (Wildman–Crippen LogP) is 3.77. The summed E-state index contributed by atoms with van der Waals surface area (Å²) in [4.78, 5) is 18.0. The van der Waals surface area contributed by atoms with Gasteiger partial charge in [0.1, 0.15) is 14.1 Å². The standard InChI is InChI=1S/C36H33N6.HI/c1-5-25-27-7-11-31(37-27)35(23-15-19-41(3)20-16-23)33-13-9-29(39-33)26(6-2)30-10-14-34(40-30)36(32-12-8-28(25)38-32)24-17-21-42(4)22-18-24;/h7-22H,5-6H2,1-4H3,(H,37,38,39,40);1H/q+1;. The fourth-order valence-corrected chi connectivity index (χ4v) is 6.01. The molecule has 214 valence electrons. The molecule has 8 bridgehead atoms. The van der Waals surface area contributed by atoms with Crippen molar-refractivity contribution < 1.29 is 33.1 Å². The summed E-state index contributed by atoms with van der Waals surface area (Å²) in [7, 11) is 4.08. The Hall–Kier alpha value is -4.37. The summed E-state index contributed by atoms with van der Waals surface area (Å²) in [6.45, 7) is 4.38. The molecule has 43 heavy (non-hydrogen) atoms. The second-order valence-electron chi connectivity index (χ2n) is 10.9. The molecule has 0 radical (unpaired) electrons. The van der Waals surface area contributed by atoms with Gasteiger partial charge in [-0.25, -0.2) is 19.1 Å². The smallest absolute Gasteiger partial charge is 0.169 e. The lowest BCUT2D eigenvalue weighted by atomic mass is 10.0. The van der Waals surface area contributed by atoms with Crippen LogP contribution in [0.1, 0.15) is 47.8 Å². The number of aromatic amines is 2. The molecule has 0 aliphatic carbocycles. The molecule has 5 aromatic heterocycles. The molecule has 6 nitrogen and oxygen atoms in total. The number of fused-ring (bicyclic) bond motifs is 8. The lowest BCUT2D eigenvalue weighted by Gasteiger charge is -2.05. The Morgan fingerprint density at radius 1 is 0.512 bits per heavy atom. The molecule has 0 atom stereocenters. The van der Waals surface area contributed by atoms with Crippen molar-refractivity contribution in [2.24, 2.45) is 14.1 Å². The van der Waals surface area contributed by atoms with Crippen LogP contribution in [0.3, 0.4) is 0 Å². The number of nitrogens with one attached hydrogen (secondary N) is 2. The minimum Gasteiger partial charge on any atom is -1.00 e. The number of H-pyrrole nitrogens is 2. The van der Waals surface area contributed by atoms with Crippen LogP contribution in [-0.4, -0.2) is 19.9 Å². The fourth-order valence-electron chi connectivity index (χ4n) is 6.01. The van der Waals surface area contributed by atoms with Gasteiger partial charge in [-0.1, -0.05) is 13.8 Å². The van der Waals surface area contributed by atoms with Crippen LogP contribution in [0.4, 0.5) is 0 Å². The maximum Gasteiger partial charge on any atom is 0.169 e. The molecule has 0 spiro atoms. The minimum atomic E-state index is 0. The van der Waals surface area contributed by atoms with Gasteiger partial charge in [0.15, 0.2) is 24.8 Å². The summed E-state index contributed by atoms with van der Waals surface area (Å²) in [5.74, 6) is 0. The molecule has 0 unspecified atom stereocenters. The van der Waals surface area contributed by atoms with E-state index in [1.54, 1.807) is 0 Å². The molecular formula is C36H34IN6+. The molecule has 0 amide bonds. The van der Waals surface area contributed by atoms with E-state index < -0.39 is 0 Å². The number of aromatic nitrogens is 6. The monoisotopic (exact) mass is 677 g/mol. The van der Waals surface area contributed by atoms with Gasteiger partial charge >= 0.3 is 0 Å². The molecule has 5 aromatic rings. The van der Waals surface area contributed by atoms with Crippen LogP contribution in [0.25, 0.3) is 68.6 Å². The van der Waals surface area contributed by atoms with E-state index in [9.17, 15) is 0 Å². The van der Waals surface area contributed by atoms with Gasteiger partial charge in [-0.3, -0.25) is 0 Å². The molecule has 7 rings (SSSR count). The molecule has 7 heterocycles. The van der Waals surface area contributed by atoms with Crippen LogP contribution in [0.15, 0.2) is 73.3 Å². The molecular weight excluding hydrogens is 643 g/mol. The summed E-state index contributed by atoms with van der Waals surface area (Å²) in [6.07, 6.45) is 18.6. The van der Waals surface area contributed by atoms with E-state index in [4.69, 9.17) is 9.97 Å². The SMILES string of the molecule is CCc1c2nc(c(-c3cc[n+](C)cc3)c3nc(c(CC)c4ccc([nH]4)c(-c4cc[n+](C)cc4)c4ccc1[nH]4)C=C3)C=C2.[I-].